The molecule has 0 bridgehead atoms. The Morgan fingerprint density at radius 3 is 2.89 bits per heavy atom. The quantitative estimate of drug-likeness (QED) is 0.856. The highest BCUT2D eigenvalue weighted by molar-refractivity contribution is 5.93. The van der Waals surface area contributed by atoms with Crippen molar-refractivity contribution in [2.24, 2.45) is 5.41 Å². The van der Waals surface area contributed by atoms with Crippen LogP contribution in [0.2, 0.25) is 0 Å². The Hall–Kier alpha value is -1.42. The van der Waals surface area contributed by atoms with Crippen molar-refractivity contribution in [1.82, 2.24) is 10.3 Å². The van der Waals surface area contributed by atoms with Crippen LogP contribution >= 0.6 is 0 Å². The van der Waals surface area contributed by atoms with E-state index >= 15 is 0 Å². The molecule has 0 aromatic carbocycles. The second-order valence-corrected chi connectivity index (χ2v) is 5.33. The van der Waals surface area contributed by atoms with E-state index in [0.29, 0.717) is 12.1 Å². The molecule has 1 fully saturated rings. The maximum atomic E-state index is 11.9. The number of hydrogen-bond acceptors (Lipinski definition) is 3. The van der Waals surface area contributed by atoms with Crippen LogP contribution < -0.4 is 5.32 Å². The monoisotopic (exact) mass is 248 g/mol. The fourth-order valence-electron chi connectivity index (χ4n) is 2.48. The van der Waals surface area contributed by atoms with Gasteiger partial charge in [0.1, 0.15) is 0 Å². The van der Waals surface area contributed by atoms with Gasteiger partial charge in [0.05, 0.1) is 6.10 Å². The summed E-state index contributed by atoms with van der Waals surface area (Å²) in [5.74, 6) is -0.101. The van der Waals surface area contributed by atoms with E-state index in [9.17, 15) is 9.90 Å². The fraction of sp³-hybridized carbons (Fsp3) is 0.571. The van der Waals surface area contributed by atoms with Gasteiger partial charge < -0.3 is 10.4 Å². The van der Waals surface area contributed by atoms with Crippen LogP contribution in [0.15, 0.2) is 24.5 Å². The summed E-state index contributed by atoms with van der Waals surface area (Å²) in [6, 6.07) is 3.38. The van der Waals surface area contributed by atoms with Crippen molar-refractivity contribution in [3.05, 3.63) is 30.1 Å². The molecule has 0 spiro atoms. The first-order chi connectivity index (χ1) is 8.62. The third kappa shape index (κ3) is 2.88. The predicted molar refractivity (Wildman–Crippen MR) is 69.2 cm³/mol. The number of rotatable bonds is 3. The van der Waals surface area contributed by atoms with Crippen LogP contribution in [0, 0.1) is 5.41 Å². The zero-order valence-electron chi connectivity index (χ0n) is 10.7. The molecule has 4 heteroatoms. The summed E-state index contributed by atoms with van der Waals surface area (Å²) >= 11 is 0. The van der Waals surface area contributed by atoms with Gasteiger partial charge >= 0.3 is 0 Å². The molecule has 1 aromatic heterocycles. The minimum Gasteiger partial charge on any atom is -0.392 e. The molecule has 2 atom stereocenters. The first kappa shape index (κ1) is 13.0. The summed E-state index contributed by atoms with van der Waals surface area (Å²) in [5, 5.41) is 13.0. The second kappa shape index (κ2) is 5.48. The number of aliphatic hydroxyl groups excluding tert-OH is 1. The predicted octanol–water partition coefficient (Wildman–Crippen LogP) is 1.75. The maximum Gasteiger partial charge on any atom is 0.251 e. The standard InChI is InChI=1S/C14H20N2O2/c1-14(7-3-2-4-12(14)17)10-16-13(18)11-5-8-15-9-6-11/h5-6,8-9,12,17H,2-4,7,10H2,1H3,(H,16,18)/t12-,14-/m1/s1. The molecule has 1 saturated carbocycles. The number of nitrogens with one attached hydrogen (secondary N) is 1. The molecule has 0 radical (unpaired) electrons. The van der Waals surface area contributed by atoms with Crippen LogP contribution in [0.3, 0.4) is 0 Å². The minimum atomic E-state index is -0.316. The number of pyridine rings is 1. The number of nitrogens with zero attached hydrogens (tertiary/aromatic N) is 1. The van der Waals surface area contributed by atoms with Crippen LogP contribution in [-0.2, 0) is 0 Å². The Balaban J connectivity index is 1.93. The highest BCUT2D eigenvalue weighted by Crippen LogP contribution is 2.35. The lowest BCUT2D eigenvalue weighted by molar-refractivity contribution is 0.00190. The Morgan fingerprint density at radius 1 is 1.50 bits per heavy atom. The number of aromatic nitrogens is 1. The van der Waals surface area contributed by atoms with Crippen molar-refractivity contribution in [2.75, 3.05) is 6.54 Å². The summed E-state index contributed by atoms with van der Waals surface area (Å²) in [6.45, 7) is 2.57. The van der Waals surface area contributed by atoms with Gasteiger partial charge in [-0.25, -0.2) is 0 Å². The normalized spacial score (nSPS) is 27.8. The third-order valence-corrected chi connectivity index (χ3v) is 3.88. The van der Waals surface area contributed by atoms with Gasteiger partial charge in [0.25, 0.3) is 5.91 Å². The number of carbonyl (C=O) groups excluding carboxylic acids is 1. The maximum absolute atomic E-state index is 11.9. The zero-order chi connectivity index (χ0) is 13.0. The van der Waals surface area contributed by atoms with Crippen LogP contribution in [0.25, 0.3) is 0 Å². The molecule has 98 valence electrons. The Bertz CT molecular complexity index is 408. The van der Waals surface area contributed by atoms with Crippen molar-refractivity contribution < 1.29 is 9.90 Å². The Labute approximate surface area is 107 Å². The molecule has 18 heavy (non-hydrogen) atoms. The molecule has 1 aliphatic carbocycles. The summed E-state index contributed by atoms with van der Waals surface area (Å²) in [6.07, 6.45) is 6.89. The smallest absolute Gasteiger partial charge is 0.251 e. The van der Waals surface area contributed by atoms with Crippen molar-refractivity contribution in [2.45, 2.75) is 38.7 Å². The molecule has 0 saturated heterocycles. The average Bonchev–Trinajstić information content (AvgIpc) is 2.41. The van der Waals surface area contributed by atoms with Gasteiger partial charge in [0.2, 0.25) is 0 Å². The summed E-state index contributed by atoms with van der Waals surface area (Å²) in [5.41, 5.74) is 0.417. The van der Waals surface area contributed by atoms with Gasteiger partial charge in [-0.3, -0.25) is 9.78 Å². The molecule has 2 N–H and O–H groups in total. The van der Waals surface area contributed by atoms with Crippen molar-refractivity contribution >= 4 is 5.91 Å². The van der Waals surface area contributed by atoms with Crippen molar-refractivity contribution in [1.29, 1.82) is 0 Å². The van der Waals surface area contributed by atoms with E-state index in [2.05, 4.69) is 10.3 Å². The lowest BCUT2D eigenvalue weighted by Gasteiger charge is -2.38. The number of hydrogen-bond donors (Lipinski definition) is 2. The molecule has 2 rings (SSSR count). The molecule has 1 aliphatic rings. The van der Waals surface area contributed by atoms with E-state index in [4.69, 9.17) is 0 Å². The molecular formula is C14H20N2O2. The van der Waals surface area contributed by atoms with Gasteiger partial charge in [-0.2, -0.15) is 0 Å². The van der Waals surface area contributed by atoms with Crippen LogP contribution in [0.4, 0.5) is 0 Å². The molecule has 1 amide bonds. The molecule has 1 aromatic rings. The molecule has 1 heterocycles. The van der Waals surface area contributed by atoms with Crippen LogP contribution in [-0.4, -0.2) is 28.6 Å². The largest absolute Gasteiger partial charge is 0.392 e. The van der Waals surface area contributed by atoms with Crippen molar-refractivity contribution in [3.8, 4) is 0 Å². The Kier molecular flexibility index (Phi) is 3.97. The second-order valence-electron chi connectivity index (χ2n) is 5.33. The van der Waals surface area contributed by atoms with E-state index in [1.807, 2.05) is 6.92 Å². The highest BCUT2D eigenvalue weighted by atomic mass is 16.3. The van der Waals surface area contributed by atoms with Crippen molar-refractivity contribution in [3.63, 3.8) is 0 Å². The number of carbonyl (C=O) groups is 1. The summed E-state index contributed by atoms with van der Waals surface area (Å²) in [4.78, 5) is 15.8. The zero-order valence-corrected chi connectivity index (χ0v) is 10.7. The van der Waals surface area contributed by atoms with Gasteiger partial charge in [-0.15, -0.1) is 0 Å². The van der Waals surface area contributed by atoms with E-state index in [-0.39, 0.29) is 17.4 Å². The van der Waals surface area contributed by atoms with Crippen LogP contribution in [0.5, 0.6) is 0 Å². The molecular weight excluding hydrogens is 228 g/mol. The lowest BCUT2D eigenvalue weighted by Crippen LogP contribution is -2.45. The van der Waals surface area contributed by atoms with Crippen LogP contribution in [0.1, 0.15) is 43.0 Å². The lowest BCUT2D eigenvalue weighted by atomic mass is 9.73. The van der Waals surface area contributed by atoms with Gasteiger partial charge in [-0.1, -0.05) is 19.8 Å². The van der Waals surface area contributed by atoms with E-state index in [1.54, 1.807) is 24.5 Å². The summed E-state index contributed by atoms with van der Waals surface area (Å²) < 4.78 is 0. The Morgan fingerprint density at radius 2 is 2.22 bits per heavy atom. The molecule has 4 nitrogen and oxygen atoms in total. The number of aliphatic hydroxyl groups is 1. The SMILES string of the molecule is C[C@]1(CNC(=O)c2ccncc2)CCCC[C@H]1O. The molecule has 0 aliphatic heterocycles. The minimum absolute atomic E-state index is 0.101. The van der Waals surface area contributed by atoms with E-state index < -0.39 is 0 Å². The van der Waals surface area contributed by atoms with Gasteiger partial charge in [0.15, 0.2) is 0 Å². The highest BCUT2D eigenvalue weighted by Gasteiger charge is 2.35. The third-order valence-electron chi connectivity index (χ3n) is 3.88. The van der Waals surface area contributed by atoms with E-state index in [0.717, 1.165) is 25.7 Å². The first-order valence-electron chi connectivity index (χ1n) is 6.48. The molecule has 0 unspecified atom stereocenters. The first-order valence-corrected chi connectivity index (χ1v) is 6.48. The van der Waals surface area contributed by atoms with E-state index in [1.165, 1.54) is 0 Å². The number of amides is 1. The van der Waals surface area contributed by atoms with Gasteiger partial charge in [-0.05, 0) is 25.0 Å². The fourth-order valence-corrected chi connectivity index (χ4v) is 2.48. The average molecular weight is 248 g/mol. The topological polar surface area (TPSA) is 62.2 Å². The summed E-state index contributed by atoms with van der Waals surface area (Å²) in [7, 11) is 0. The van der Waals surface area contributed by atoms with Gasteiger partial charge in [0, 0.05) is 29.9 Å².